The van der Waals surface area contributed by atoms with E-state index < -0.39 is 21.7 Å². The summed E-state index contributed by atoms with van der Waals surface area (Å²) in [4.78, 5) is 14.6. The standard InChI is InChI=1S/C27H34ClFN6O2S/c1-18(17-31-27(30-3)33-21-12-14-22(15-13-21)35(4)5)10-11-20-16-24(29)26(32-19(20)2)34-38(36,37)25-9-7-6-8-23(25)28/h6-11,16-17,21-22H,3,12-15H2,1-2,4-5H3,(H,31,33)(H,32,34)/b11-10+,18-17+/t21-,22-. The molecule has 11 heteroatoms. The Bertz CT molecular complexity index is 1350. The number of benzene rings is 1. The van der Waals surface area contributed by atoms with Gasteiger partial charge >= 0.3 is 0 Å². The first-order valence-corrected chi connectivity index (χ1v) is 14.1. The van der Waals surface area contributed by atoms with Crippen LogP contribution >= 0.6 is 11.6 Å². The molecule has 1 heterocycles. The Hall–Kier alpha value is -3.08. The fourth-order valence-corrected chi connectivity index (χ4v) is 5.68. The van der Waals surface area contributed by atoms with Gasteiger partial charge in [0.1, 0.15) is 4.90 Å². The van der Waals surface area contributed by atoms with Gasteiger partial charge in [0.15, 0.2) is 11.6 Å². The summed E-state index contributed by atoms with van der Waals surface area (Å²) in [5, 5.41) is 3.39. The molecule has 1 saturated carbocycles. The van der Waals surface area contributed by atoms with Crippen molar-refractivity contribution in [3.05, 3.63) is 70.3 Å². The van der Waals surface area contributed by atoms with Gasteiger partial charge < -0.3 is 10.2 Å². The molecular formula is C27H34ClFN6O2S. The molecule has 8 nitrogen and oxygen atoms in total. The van der Waals surface area contributed by atoms with Crippen LogP contribution < -0.4 is 10.0 Å². The molecule has 0 unspecified atom stereocenters. The summed E-state index contributed by atoms with van der Waals surface area (Å²) in [5.74, 6) is -0.745. The quantitative estimate of drug-likeness (QED) is 0.255. The van der Waals surface area contributed by atoms with Crippen molar-refractivity contribution < 1.29 is 12.8 Å². The number of aryl methyl sites for hydroxylation is 1. The molecule has 38 heavy (non-hydrogen) atoms. The largest absolute Gasteiger partial charge is 0.352 e. The molecule has 1 aromatic carbocycles. The van der Waals surface area contributed by atoms with E-state index in [0.717, 1.165) is 31.3 Å². The number of guanidine groups is 1. The number of aromatic nitrogens is 1. The van der Waals surface area contributed by atoms with Crippen LogP contribution in [0.25, 0.3) is 6.08 Å². The Kier molecular flexibility index (Phi) is 10.2. The number of nitrogens with one attached hydrogen (secondary N) is 2. The zero-order valence-corrected chi connectivity index (χ0v) is 23.7. The average molecular weight is 561 g/mol. The Morgan fingerprint density at radius 2 is 1.92 bits per heavy atom. The number of anilines is 1. The van der Waals surface area contributed by atoms with Gasteiger partial charge in [0, 0.05) is 24.0 Å². The zero-order valence-electron chi connectivity index (χ0n) is 22.1. The fraction of sp³-hybridized carbons (Fsp3) is 0.370. The summed E-state index contributed by atoms with van der Waals surface area (Å²) in [6, 6.07) is 8.06. The van der Waals surface area contributed by atoms with Crippen LogP contribution in [0, 0.1) is 12.7 Å². The number of allylic oxidation sites excluding steroid dienone is 2. The highest BCUT2D eigenvalue weighted by Gasteiger charge is 2.23. The molecule has 2 N–H and O–H groups in total. The second kappa shape index (κ2) is 13.1. The molecule has 0 spiro atoms. The summed E-state index contributed by atoms with van der Waals surface area (Å²) in [6.07, 6.45) is 9.45. The molecule has 0 radical (unpaired) electrons. The molecule has 0 atom stereocenters. The minimum atomic E-state index is -4.11. The maximum absolute atomic E-state index is 14.8. The Labute approximate surface area is 229 Å². The predicted molar refractivity (Wildman–Crippen MR) is 154 cm³/mol. The third kappa shape index (κ3) is 7.96. The second-order valence-corrected chi connectivity index (χ2v) is 11.5. The van der Waals surface area contributed by atoms with E-state index in [9.17, 15) is 12.8 Å². The van der Waals surface area contributed by atoms with Crippen molar-refractivity contribution in [2.75, 3.05) is 18.8 Å². The second-order valence-electron chi connectivity index (χ2n) is 9.46. The highest BCUT2D eigenvalue weighted by molar-refractivity contribution is 7.92. The molecule has 0 bridgehead atoms. The molecule has 1 aliphatic rings. The summed E-state index contributed by atoms with van der Waals surface area (Å²) >= 11 is 5.99. The summed E-state index contributed by atoms with van der Waals surface area (Å²) in [6.45, 7) is 7.14. The lowest BCUT2D eigenvalue weighted by molar-refractivity contribution is 0.211. The Morgan fingerprint density at radius 3 is 2.55 bits per heavy atom. The maximum Gasteiger partial charge on any atom is 0.264 e. The van der Waals surface area contributed by atoms with E-state index in [-0.39, 0.29) is 9.92 Å². The van der Waals surface area contributed by atoms with Crippen LogP contribution in [0.1, 0.15) is 43.9 Å². The van der Waals surface area contributed by atoms with E-state index in [2.05, 4.69) is 50.7 Å². The van der Waals surface area contributed by atoms with Gasteiger partial charge in [0.2, 0.25) is 5.96 Å². The zero-order chi connectivity index (χ0) is 27.9. The number of aliphatic imine (C=N–C) groups is 2. The van der Waals surface area contributed by atoms with Crippen LogP contribution in [0.4, 0.5) is 10.2 Å². The number of sulfonamides is 1. The number of halogens is 2. The molecule has 1 aliphatic carbocycles. The van der Waals surface area contributed by atoms with Crippen LogP contribution in [0.3, 0.4) is 0 Å². The first-order valence-electron chi connectivity index (χ1n) is 12.3. The smallest absolute Gasteiger partial charge is 0.264 e. The minimum absolute atomic E-state index is 0.0309. The molecule has 0 saturated heterocycles. The number of nitrogens with zero attached hydrogens (tertiary/aromatic N) is 4. The van der Waals surface area contributed by atoms with E-state index in [0.29, 0.717) is 29.3 Å². The molecule has 3 rings (SSSR count). The molecular weight excluding hydrogens is 527 g/mol. The molecule has 204 valence electrons. The van der Waals surface area contributed by atoms with Gasteiger partial charge in [-0.15, -0.1) is 0 Å². The van der Waals surface area contributed by atoms with E-state index in [1.54, 1.807) is 31.3 Å². The first kappa shape index (κ1) is 29.5. The Morgan fingerprint density at radius 1 is 1.24 bits per heavy atom. The van der Waals surface area contributed by atoms with Crippen molar-refractivity contribution in [2.24, 2.45) is 9.98 Å². The average Bonchev–Trinajstić information content (AvgIpc) is 2.87. The molecule has 0 aliphatic heterocycles. The third-order valence-electron chi connectivity index (χ3n) is 6.39. The van der Waals surface area contributed by atoms with Gasteiger partial charge in [-0.1, -0.05) is 35.9 Å². The van der Waals surface area contributed by atoms with Gasteiger partial charge in [-0.05, 0) is 89.7 Å². The van der Waals surface area contributed by atoms with Crippen molar-refractivity contribution in [2.45, 2.75) is 56.5 Å². The summed E-state index contributed by atoms with van der Waals surface area (Å²) < 4.78 is 42.2. The Balaban J connectivity index is 1.67. The number of hydrogen-bond donors (Lipinski definition) is 2. The monoisotopic (exact) mass is 560 g/mol. The van der Waals surface area contributed by atoms with E-state index >= 15 is 0 Å². The van der Waals surface area contributed by atoms with Gasteiger partial charge in [-0.3, -0.25) is 4.72 Å². The highest BCUT2D eigenvalue weighted by atomic mass is 35.5. The van der Waals surface area contributed by atoms with Crippen LogP contribution in [-0.4, -0.2) is 57.2 Å². The van der Waals surface area contributed by atoms with Crippen molar-refractivity contribution >= 4 is 46.2 Å². The number of rotatable bonds is 8. The van der Waals surface area contributed by atoms with Crippen molar-refractivity contribution in [3.8, 4) is 0 Å². The topological polar surface area (TPSA) is 99.0 Å². The lowest BCUT2D eigenvalue weighted by Crippen LogP contribution is -2.41. The molecule has 2 aromatic rings. The van der Waals surface area contributed by atoms with Crippen LogP contribution in [0.2, 0.25) is 5.02 Å². The number of pyridine rings is 1. The fourth-order valence-electron chi connectivity index (χ4n) is 4.15. The number of hydrogen-bond acceptors (Lipinski definition) is 5. The minimum Gasteiger partial charge on any atom is -0.352 e. The summed E-state index contributed by atoms with van der Waals surface area (Å²) in [5.41, 5.74) is 1.74. The third-order valence-corrected chi connectivity index (χ3v) is 8.23. The lowest BCUT2D eigenvalue weighted by Gasteiger charge is -2.33. The SMILES string of the molecule is C=N\C(=N/C=C(C)/C=C/c1cc(F)c(NS(=O)(=O)c2ccccc2Cl)nc1C)N[C@H]1CC[C@H](N(C)C)CC1. The maximum atomic E-state index is 14.8. The van der Waals surface area contributed by atoms with Crippen molar-refractivity contribution in [3.63, 3.8) is 0 Å². The molecule has 1 aromatic heterocycles. The van der Waals surface area contributed by atoms with Crippen LogP contribution in [0.5, 0.6) is 0 Å². The molecule has 1 fully saturated rings. The van der Waals surface area contributed by atoms with Crippen molar-refractivity contribution in [1.82, 2.24) is 15.2 Å². The van der Waals surface area contributed by atoms with E-state index in [4.69, 9.17) is 11.6 Å². The van der Waals surface area contributed by atoms with E-state index in [1.165, 1.54) is 24.3 Å². The van der Waals surface area contributed by atoms with Crippen LogP contribution in [0.15, 0.2) is 63.1 Å². The first-order chi connectivity index (χ1) is 18.0. The highest BCUT2D eigenvalue weighted by Crippen LogP contribution is 2.25. The summed E-state index contributed by atoms with van der Waals surface area (Å²) in [7, 11) is 0.120. The van der Waals surface area contributed by atoms with E-state index in [1.807, 2.05) is 6.92 Å². The molecule has 0 amide bonds. The lowest BCUT2D eigenvalue weighted by atomic mass is 9.90. The van der Waals surface area contributed by atoms with Gasteiger partial charge in [-0.2, -0.15) is 0 Å². The van der Waals surface area contributed by atoms with Crippen molar-refractivity contribution in [1.29, 1.82) is 0 Å². The normalized spacial score (nSPS) is 19.1. The van der Waals surface area contributed by atoms with Gasteiger partial charge in [0.05, 0.1) is 5.02 Å². The predicted octanol–water partition coefficient (Wildman–Crippen LogP) is 5.42. The van der Waals surface area contributed by atoms with Gasteiger partial charge in [-0.25, -0.2) is 27.8 Å². The van der Waals surface area contributed by atoms with Crippen LogP contribution in [-0.2, 0) is 10.0 Å². The van der Waals surface area contributed by atoms with Gasteiger partial charge in [0.25, 0.3) is 10.0 Å².